The van der Waals surface area contributed by atoms with E-state index in [4.69, 9.17) is 17.0 Å². The summed E-state index contributed by atoms with van der Waals surface area (Å²) < 4.78 is 7.96. The minimum atomic E-state index is -0.0399. The zero-order valence-corrected chi connectivity index (χ0v) is 15.2. The maximum Gasteiger partial charge on any atom is 0.267 e. The van der Waals surface area contributed by atoms with Crippen molar-refractivity contribution in [2.45, 2.75) is 33.0 Å². The van der Waals surface area contributed by atoms with Crippen molar-refractivity contribution in [1.29, 1.82) is 0 Å². The van der Waals surface area contributed by atoms with Crippen LogP contribution in [0, 0.1) is 10.7 Å². The van der Waals surface area contributed by atoms with Crippen molar-refractivity contribution in [2.24, 2.45) is 5.92 Å². The molecule has 3 aromatic rings. The predicted octanol–water partition coefficient (Wildman–Crippen LogP) is 4.21. The zero-order valence-electron chi connectivity index (χ0n) is 13.5. The van der Waals surface area contributed by atoms with Gasteiger partial charge >= 0.3 is 0 Å². The highest BCUT2D eigenvalue weighted by molar-refractivity contribution is 7.71. The number of nitrogens with one attached hydrogen (secondary N) is 1. The largest absolute Gasteiger partial charge is 0.372 e. The second kappa shape index (κ2) is 5.95. The van der Waals surface area contributed by atoms with Crippen LogP contribution in [-0.4, -0.2) is 15.7 Å². The van der Waals surface area contributed by atoms with E-state index in [1.165, 1.54) is 0 Å². The number of fused-ring (bicyclic) bond motifs is 3. The molecule has 3 heterocycles. The van der Waals surface area contributed by atoms with E-state index in [0.717, 1.165) is 32.8 Å². The maximum atomic E-state index is 13.2. The highest BCUT2D eigenvalue weighted by Gasteiger charge is 2.27. The van der Waals surface area contributed by atoms with Crippen LogP contribution in [0.5, 0.6) is 0 Å². The van der Waals surface area contributed by atoms with E-state index in [1.807, 2.05) is 30.3 Å². The Kier molecular flexibility index (Phi) is 3.90. The lowest BCUT2D eigenvalue weighted by atomic mass is 9.96. The van der Waals surface area contributed by atoms with Crippen LogP contribution in [0.4, 0.5) is 0 Å². The van der Waals surface area contributed by atoms with E-state index in [-0.39, 0.29) is 11.7 Å². The molecule has 0 bridgehead atoms. The molecule has 0 aliphatic carbocycles. The lowest BCUT2D eigenvalue weighted by molar-refractivity contribution is 0.00200. The second-order valence-electron chi connectivity index (χ2n) is 6.41. The number of thiophene rings is 1. The molecule has 24 heavy (non-hydrogen) atoms. The fourth-order valence-electron chi connectivity index (χ4n) is 3.20. The molecule has 0 saturated carbocycles. The van der Waals surface area contributed by atoms with Crippen LogP contribution in [0.1, 0.15) is 24.3 Å². The molecule has 4 rings (SSSR count). The Hall–Kier alpha value is -1.76. The summed E-state index contributed by atoms with van der Waals surface area (Å²) in [6.07, 6.45) is 0.935. The monoisotopic (exact) mass is 358 g/mol. The van der Waals surface area contributed by atoms with Gasteiger partial charge in [-0.25, -0.2) is 0 Å². The molecule has 1 aromatic carbocycles. The maximum absolute atomic E-state index is 13.2. The SMILES string of the molecule is CC(C)[C@H]1Cc2c(sc3[nH]c(=S)n(-c4ccccc4)c(=O)c23)CO1. The third-order valence-electron chi connectivity index (χ3n) is 4.52. The molecule has 1 aliphatic heterocycles. The van der Waals surface area contributed by atoms with Crippen LogP contribution in [0.15, 0.2) is 35.1 Å². The summed E-state index contributed by atoms with van der Waals surface area (Å²) in [6, 6.07) is 9.54. The summed E-state index contributed by atoms with van der Waals surface area (Å²) in [6.45, 7) is 4.88. The smallest absolute Gasteiger partial charge is 0.267 e. The van der Waals surface area contributed by atoms with Crippen molar-refractivity contribution in [1.82, 2.24) is 9.55 Å². The molecule has 0 unspecified atom stereocenters. The van der Waals surface area contributed by atoms with Gasteiger partial charge in [0.2, 0.25) is 0 Å². The van der Waals surface area contributed by atoms with Gasteiger partial charge < -0.3 is 9.72 Å². The Balaban J connectivity index is 1.98. The Morgan fingerprint density at radius 1 is 1.33 bits per heavy atom. The molecule has 1 aliphatic rings. The van der Waals surface area contributed by atoms with Crippen molar-refractivity contribution >= 4 is 33.8 Å². The minimum Gasteiger partial charge on any atom is -0.372 e. The van der Waals surface area contributed by atoms with Crippen molar-refractivity contribution < 1.29 is 4.74 Å². The molecule has 0 spiro atoms. The average molecular weight is 358 g/mol. The van der Waals surface area contributed by atoms with Gasteiger partial charge in [-0.3, -0.25) is 9.36 Å². The first kappa shape index (κ1) is 15.7. The molecule has 6 heteroatoms. The van der Waals surface area contributed by atoms with Crippen LogP contribution in [0.3, 0.4) is 0 Å². The topological polar surface area (TPSA) is 47.0 Å². The first-order valence-electron chi connectivity index (χ1n) is 8.03. The van der Waals surface area contributed by atoms with E-state index in [0.29, 0.717) is 17.3 Å². The number of H-pyrrole nitrogens is 1. The van der Waals surface area contributed by atoms with Crippen LogP contribution in [0.2, 0.25) is 0 Å². The van der Waals surface area contributed by atoms with Crippen molar-refractivity contribution in [2.75, 3.05) is 0 Å². The minimum absolute atomic E-state index is 0.0399. The number of nitrogens with zero attached hydrogens (tertiary/aromatic N) is 1. The van der Waals surface area contributed by atoms with E-state index in [2.05, 4.69) is 18.8 Å². The predicted molar refractivity (Wildman–Crippen MR) is 99.7 cm³/mol. The van der Waals surface area contributed by atoms with Gasteiger partial charge in [0, 0.05) is 11.3 Å². The number of aromatic amines is 1. The highest BCUT2D eigenvalue weighted by Crippen LogP contribution is 2.35. The van der Waals surface area contributed by atoms with Gasteiger partial charge in [-0.2, -0.15) is 0 Å². The zero-order chi connectivity index (χ0) is 16.8. The summed E-state index contributed by atoms with van der Waals surface area (Å²) in [4.78, 5) is 18.4. The fourth-order valence-corrected chi connectivity index (χ4v) is 4.70. The highest BCUT2D eigenvalue weighted by atomic mass is 32.1. The molecular weight excluding hydrogens is 340 g/mol. The molecule has 0 radical (unpaired) electrons. The molecule has 124 valence electrons. The van der Waals surface area contributed by atoms with Crippen molar-refractivity contribution in [3.63, 3.8) is 0 Å². The Bertz CT molecular complexity index is 1020. The van der Waals surface area contributed by atoms with Gasteiger partial charge in [0.1, 0.15) is 4.83 Å². The van der Waals surface area contributed by atoms with Crippen LogP contribution in [-0.2, 0) is 17.8 Å². The van der Waals surface area contributed by atoms with Gasteiger partial charge in [0.25, 0.3) is 5.56 Å². The molecule has 1 N–H and O–H groups in total. The van der Waals surface area contributed by atoms with Crippen LogP contribution >= 0.6 is 23.6 Å². The molecule has 0 fully saturated rings. The number of ether oxygens (including phenoxy) is 1. The van der Waals surface area contributed by atoms with Gasteiger partial charge in [-0.05, 0) is 35.8 Å². The molecule has 4 nitrogen and oxygen atoms in total. The molecule has 2 aromatic heterocycles. The van der Waals surface area contributed by atoms with Crippen LogP contribution in [0.25, 0.3) is 15.9 Å². The average Bonchev–Trinajstić information content (AvgIpc) is 2.93. The lowest BCUT2D eigenvalue weighted by Gasteiger charge is -2.26. The van der Waals surface area contributed by atoms with Gasteiger partial charge in [0.15, 0.2) is 4.77 Å². The Morgan fingerprint density at radius 2 is 2.08 bits per heavy atom. The molecule has 1 atom stereocenters. The molecular formula is C18H18N2O2S2. The number of para-hydroxylation sites is 1. The second-order valence-corrected chi connectivity index (χ2v) is 7.90. The summed E-state index contributed by atoms with van der Waals surface area (Å²) in [7, 11) is 0. The number of hydrogen-bond donors (Lipinski definition) is 1. The van der Waals surface area contributed by atoms with Gasteiger partial charge in [-0.15, -0.1) is 11.3 Å². The van der Waals surface area contributed by atoms with Gasteiger partial charge in [-0.1, -0.05) is 32.0 Å². The number of hydrogen-bond acceptors (Lipinski definition) is 4. The summed E-state index contributed by atoms with van der Waals surface area (Å²) in [5, 5.41) is 0.765. The van der Waals surface area contributed by atoms with E-state index in [9.17, 15) is 4.79 Å². The van der Waals surface area contributed by atoms with Crippen molar-refractivity contribution in [3.05, 3.63) is 55.9 Å². The molecule has 0 amide bonds. The van der Waals surface area contributed by atoms with Crippen molar-refractivity contribution in [3.8, 4) is 5.69 Å². The number of aromatic nitrogens is 2. The fraction of sp³-hybridized carbons (Fsp3) is 0.333. The summed E-state index contributed by atoms with van der Waals surface area (Å²) >= 11 is 7.02. The molecule has 0 saturated heterocycles. The summed E-state index contributed by atoms with van der Waals surface area (Å²) in [5.74, 6) is 0.423. The van der Waals surface area contributed by atoms with E-state index in [1.54, 1.807) is 15.9 Å². The van der Waals surface area contributed by atoms with E-state index >= 15 is 0 Å². The van der Waals surface area contributed by atoms with Gasteiger partial charge in [0.05, 0.1) is 23.8 Å². The third-order valence-corrected chi connectivity index (χ3v) is 5.93. The first-order chi connectivity index (χ1) is 11.6. The first-order valence-corrected chi connectivity index (χ1v) is 9.25. The lowest BCUT2D eigenvalue weighted by Crippen LogP contribution is -2.28. The summed E-state index contributed by atoms with van der Waals surface area (Å²) in [5.41, 5.74) is 1.88. The third kappa shape index (κ3) is 2.46. The Labute approximate surface area is 148 Å². The number of rotatable bonds is 2. The standard InChI is InChI=1S/C18H18N2O2S2/c1-10(2)13-8-12-14(9-22-13)24-16-15(12)17(21)20(18(23)19-16)11-6-4-3-5-7-11/h3-7,10,13H,8-9H2,1-2H3,(H,19,23)/t13-/m1/s1. The van der Waals surface area contributed by atoms with Crippen LogP contribution < -0.4 is 5.56 Å². The van der Waals surface area contributed by atoms with E-state index < -0.39 is 0 Å². The quantitative estimate of drug-likeness (QED) is 0.698. The number of benzene rings is 1. The Morgan fingerprint density at radius 3 is 2.79 bits per heavy atom. The normalized spacial score (nSPS) is 17.4.